The number of ether oxygens (including phenoxy) is 1. The van der Waals surface area contributed by atoms with Gasteiger partial charge in [0, 0.05) is 5.69 Å². The standard InChI is InChI=1S/C19H22BN3O3/c1-3-4-5-6-11-25-19-17(21-2)9-10-18(23-19)22-15-7-8-16-14(12-15)13-26-20(16)24/h7-10,12,24H,3-6,11,13H2,1H3,(H,22,23). The molecular weight excluding hydrogens is 329 g/mol. The molecule has 0 radical (unpaired) electrons. The molecule has 0 spiro atoms. The maximum absolute atomic E-state index is 9.69. The summed E-state index contributed by atoms with van der Waals surface area (Å²) < 4.78 is 10.9. The zero-order valence-corrected chi connectivity index (χ0v) is 14.9. The Morgan fingerprint density at radius 2 is 2.19 bits per heavy atom. The second kappa shape index (κ2) is 8.70. The van der Waals surface area contributed by atoms with Gasteiger partial charge in [-0.1, -0.05) is 32.3 Å². The summed E-state index contributed by atoms with van der Waals surface area (Å²) in [7, 11) is -0.845. The summed E-state index contributed by atoms with van der Waals surface area (Å²) in [5.41, 5.74) is 3.01. The van der Waals surface area contributed by atoms with E-state index in [-0.39, 0.29) is 0 Å². The molecule has 2 N–H and O–H groups in total. The summed E-state index contributed by atoms with van der Waals surface area (Å²) in [5, 5.41) is 12.9. The number of hydrogen-bond acceptors (Lipinski definition) is 5. The molecule has 0 saturated carbocycles. The van der Waals surface area contributed by atoms with Gasteiger partial charge in [-0.15, -0.1) is 0 Å². The third-order valence-electron chi connectivity index (χ3n) is 4.28. The number of nitrogens with one attached hydrogen (secondary N) is 1. The Hall–Kier alpha value is -2.56. The van der Waals surface area contributed by atoms with Crippen molar-refractivity contribution in [2.24, 2.45) is 0 Å². The number of anilines is 2. The minimum atomic E-state index is -0.845. The lowest BCUT2D eigenvalue weighted by atomic mass is 9.79. The van der Waals surface area contributed by atoms with Crippen LogP contribution in [0.4, 0.5) is 17.2 Å². The first-order valence-electron chi connectivity index (χ1n) is 8.92. The fourth-order valence-corrected chi connectivity index (χ4v) is 2.85. The summed E-state index contributed by atoms with van der Waals surface area (Å²) in [6.45, 7) is 10.4. The molecule has 0 unspecified atom stereocenters. The first-order chi connectivity index (χ1) is 12.7. The van der Waals surface area contributed by atoms with Crippen molar-refractivity contribution in [3.05, 3.63) is 47.3 Å². The normalized spacial score (nSPS) is 12.6. The van der Waals surface area contributed by atoms with Gasteiger partial charge < -0.3 is 19.7 Å². The highest BCUT2D eigenvalue weighted by Crippen LogP contribution is 2.29. The van der Waals surface area contributed by atoms with Gasteiger partial charge >= 0.3 is 7.12 Å². The zero-order valence-electron chi connectivity index (χ0n) is 14.9. The molecule has 134 valence electrons. The van der Waals surface area contributed by atoms with E-state index in [1.807, 2.05) is 18.2 Å². The van der Waals surface area contributed by atoms with Crippen LogP contribution in [0, 0.1) is 6.57 Å². The van der Waals surface area contributed by atoms with Crippen molar-refractivity contribution in [2.75, 3.05) is 11.9 Å². The number of unbranched alkanes of at least 4 members (excludes halogenated alkanes) is 3. The smallest absolute Gasteiger partial charge is 0.486 e. The van der Waals surface area contributed by atoms with E-state index in [9.17, 15) is 5.02 Å². The van der Waals surface area contributed by atoms with E-state index in [1.54, 1.807) is 12.1 Å². The minimum Gasteiger partial charge on any atom is -0.486 e. The number of rotatable bonds is 8. The molecule has 1 aromatic heterocycles. The summed E-state index contributed by atoms with van der Waals surface area (Å²) in [5.74, 6) is 0.974. The van der Waals surface area contributed by atoms with Gasteiger partial charge in [-0.25, -0.2) is 9.83 Å². The fraction of sp³-hybridized carbons (Fsp3) is 0.368. The van der Waals surface area contributed by atoms with Crippen molar-refractivity contribution < 1.29 is 14.4 Å². The van der Waals surface area contributed by atoms with Crippen LogP contribution in [0.5, 0.6) is 5.88 Å². The average Bonchev–Trinajstić information content (AvgIpc) is 3.02. The SMILES string of the molecule is [C-]#[N+]c1ccc(Nc2ccc3c(c2)COB3O)nc1OCCCCCC. The van der Waals surface area contributed by atoms with Crippen molar-refractivity contribution in [3.63, 3.8) is 0 Å². The summed E-state index contributed by atoms with van der Waals surface area (Å²) in [6, 6.07) is 9.11. The first kappa shape index (κ1) is 18.2. The van der Waals surface area contributed by atoms with Crippen LogP contribution in [0.15, 0.2) is 30.3 Å². The summed E-state index contributed by atoms with van der Waals surface area (Å²) in [4.78, 5) is 7.92. The highest BCUT2D eigenvalue weighted by atomic mass is 16.5. The lowest BCUT2D eigenvalue weighted by molar-refractivity contribution is 0.275. The van der Waals surface area contributed by atoms with E-state index in [0.29, 0.717) is 30.6 Å². The van der Waals surface area contributed by atoms with Crippen molar-refractivity contribution in [3.8, 4) is 5.88 Å². The highest BCUT2D eigenvalue weighted by molar-refractivity contribution is 6.61. The molecule has 0 aliphatic carbocycles. The largest absolute Gasteiger partial charge is 0.491 e. The van der Waals surface area contributed by atoms with E-state index in [0.717, 1.165) is 29.6 Å². The van der Waals surface area contributed by atoms with Crippen LogP contribution in [-0.4, -0.2) is 23.7 Å². The molecule has 2 heterocycles. The number of pyridine rings is 1. The van der Waals surface area contributed by atoms with Gasteiger partial charge in [0.25, 0.3) is 0 Å². The molecule has 26 heavy (non-hydrogen) atoms. The van der Waals surface area contributed by atoms with Crippen molar-refractivity contribution in [1.29, 1.82) is 0 Å². The van der Waals surface area contributed by atoms with Gasteiger partial charge in [0.2, 0.25) is 11.6 Å². The number of nitrogens with zero attached hydrogens (tertiary/aromatic N) is 2. The van der Waals surface area contributed by atoms with Crippen LogP contribution >= 0.6 is 0 Å². The third kappa shape index (κ3) is 4.34. The molecule has 6 nitrogen and oxygen atoms in total. The lowest BCUT2D eigenvalue weighted by Crippen LogP contribution is -2.27. The van der Waals surface area contributed by atoms with Gasteiger partial charge in [0.05, 0.1) is 19.8 Å². The molecule has 7 heteroatoms. The maximum atomic E-state index is 9.69. The first-order valence-corrected chi connectivity index (χ1v) is 8.92. The maximum Gasteiger partial charge on any atom is 0.491 e. The van der Waals surface area contributed by atoms with Gasteiger partial charge in [-0.05, 0) is 41.7 Å². The molecular formula is C19H22BN3O3. The molecule has 0 atom stereocenters. The van der Waals surface area contributed by atoms with Crippen LogP contribution in [0.25, 0.3) is 4.85 Å². The highest BCUT2D eigenvalue weighted by Gasteiger charge is 2.27. The van der Waals surface area contributed by atoms with E-state index >= 15 is 0 Å². The Bertz CT molecular complexity index is 807. The van der Waals surface area contributed by atoms with E-state index < -0.39 is 7.12 Å². The molecule has 0 saturated heterocycles. The monoisotopic (exact) mass is 351 g/mol. The van der Waals surface area contributed by atoms with Crippen LogP contribution < -0.4 is 15.5 Å². The minimum absolute atomic E-state index is 0.362. The molecule has 2 aromatic rings. The Morgan fingerprint density at radius 1 is 1.31 bits per heavy atom. The van der Waals surface area contributed by atoms with E-state index in [2.05, 4.69) is 22.1 Å². The predicted molar refractivity (Wildman–Crippen MR) is 102 cm³/mol. The van der Waals surface area contributed by atoms with Crippen LogP contribution in [0.3, 0.4) is 0 Å². The van der Waals surface area contributed by atoms with Gasteiger partial charge in [-0.2, -0.15) is 0 Å². The van der Waals surface area contributed by atoms with Gasteiger partial charge in [0.15, 0.2) is 0 Å². The average molecular weight is 351 g/mol. The zero-order chi connectivity index (χ0) is 18.4. The Balaban J connectivity index is 1.68. The van der Waals surface area contributed by atoms with Crippen molar-refractivity contribution in [2.45, 2.75) is 39.2 Å². The molecule has 0 amide bonds. The molecule has 3 rings (SSSR count). The van der Waals surface area contributed by atoms with Crippen molar-refractivity contribution in [1.82, 2.24) is 4.98 Å². The Kier molecular flexibility index (Phi) is 6.10. The van der Waals surface area contributed by atoms with E-state index in [1.165, 1.54) is 12.8 Å². The molecule has 0 fully saturated rings. The third-order valence-corrected chi connectivity index (χ3v) is 4.28. The van der Waals surface area contributed by atoms with Crippen LogP contribution in [0.2, 0.25) is 0 Å². The fourth-order valence-electron chi connectivity index (χ4n) is 2.85. The topological polar surface area (TPSA) is 68.0 Å². The Labute approximate surface area is 154 Å². The van der Waals surface area contributed by atoms with Crippen LogP contribution in [-0.2, 0) is 11.3 Å². The molecule has 1 aliphatic rings. The summed E-state index contributed by atoms with van der Waals surface area (Å²) >= 11 is 0. The van der Waals surface area contributed by atoms with Gasteiger partial charge in [0.1, 0.15) is 5.82 Å². The number of fused-ring (bicyclic) bond motifs is 1. The molecule has 1 aromatic carbocycles. The molecule has 1 aliphatic heterocycles. The van der Waals surface area contributed by atoms with Gasteiger partial charge in [-0.3, -0.25) is 0 Å². The second-order valence-corrected chi connectivity index (χ2v) is 6.24. The van der Waals surface area contributed by atoms with Crippen molar-refractivity contribution >= 4 is 29.8 Å². The Morgan fingerprint density at radius 3 is 3.00 bits per heavy atom. The molecule has 0 bridgehead atoms. The number of hydrogen-bond donors (Lipinski definition) is 2. The number of aromatic nitrogens is 1. The lowest BCUT2D eigenvalue weighted by Gasteiger charge is -2.11. The van der Waals surface area contributed by atoms with E-state index in [4.69, 9.17) is 16.0 Å². The predicted octanol–water partition coefficient (Wildman–Crippen LogP) is 3.55. The van der Waals surface area contributed by atoms with Crippen LogP contribution in [0.1, 0.15) is 38.2 Å². The second-order valence-electron chi connectivity index (χ2n) is 6.24. The quantitative estimate of drug-likeness (QED) is 0.432. The summed E-state index contributed by atoms with van der Waals surface area (Å²) in [6.07, 6.45) is 4.43. The number of benzene rings is 1.